The summed E-state index contributed by atoms with van der Waals surface area (Å²) in [4.78, 5) is 1.23. The number of rotatable bonds is 3. The highest BCUT2D eigenvalue weighted by atomic mass is 32.2. The summed E-state index contributed by atoms with van der Waals surface area (Å²) in [6.07, 6.45) is 1.96. The van der Waals surface area contributed by atoms with Gasteiger partial charge in [-0.05, 0) is 30.7 Å². The summed E-state index contributed by atoms with van der Waals surface area (Å²) < 4.78 is 1.82. The average molecular weight is 233 g/mol. The predicted molar refractivity (Wildman–Crippen MR) is 68.4 cm³/mol. The number of hydrogen-bond donors (Lipinski definition) is 1. The first kappa shape index (κ1) is 11.1. The van der Waals surface area contributed by atoms with Gasteiger partial charge in [0.2, 0.25) is 0 Å². The topological polar surface area (TPSA) is 43.8 Å². The molecule has 4 heteroatoms. The van der Waals surface area contributed by atoms with E-state index < -0.39 is 0 Å². The number of thioether (sulfide) groups is 1. The molecule has 0 saturated carbocycles. The van der Waals surface area contributed by atoms with Crippen LogP contribution in [0.4, 0.5) is 5.69 Å². The van der Waals surface area contributed by atoms with E-state index in [-0.39, 0.29) is 0 Å². The number of anilines is 1. The van der Waals surface area contributed by atoms with E-state index in [0.29, 0.717) is 0 Å². The smallest absolute Gasteiger partial charge is 0.0727 e. The van der Waals surface area contributed by atoms with Crippen LogP contribution in [0.25, 0.3) is 0 Å². The molecule has 0 spiro atoms. The third-order valence-electron chi connectivity index (χ3n) is 2.47. The lowest BCUT2D eigenvalue weighted by atomic mass is 10.2. The second kappa shape index (κ2) is 4.61. The molecule has 0 radical (unpaired) electrons. The summed E-state index contributed by atoms with van der Waals surface area (Å²) in [5, 5.41) is 4.34. The van der Waals surface area contributed by atoms with Crippen LogP contribution in [0, 0.1) is 6.92 Å². The molecule has 3 nitrogen and oxygen atoms in total. The molecule has 2 N–H and O–H groups in total. The minimum Gasteiger partial charge on any atom is -0.398 e. The van der Waals surface area contributed by atoms with Crippen molar-refractivity contribution in [3.05, 3.63) is 41.7 Å². The summed E-state index contributed by atoms with van der Waals surface area (Å²) in [6.45, 7) is 2.05. The van der Waals surface area contributed by atoms with Gasteiger partial charge in [0.1, 0.15) is 0 Å². The van der Waals surface area contributed by atoms with Gasteiger partial charge in [-0.15, -0.1) is 11.8 Å². The van der Waals surface area contributed by atoms with Crippen molar-refractivity contribution in [2.24, 2.45) is 7.05 Å². The van der Waals surface area contributed by atoms with Crippen molar-refractivity contribution < 1.29 is 0 Å². The summed E-state index contributed by atoms with van der Waals surface area (Å²) in [7, 11) is 1.93. The number of aromatic nitrogens is 2. The van der Waals surface area contributed by atoms with Gasteiger partial charge in [0, 0.05) is 29.6 Å². The van der Waals surface area contributed by atoms with Crippen molar-refractivity contribution in [3.63, 3.8) is 0 Å². The van der Waals surface area contributed by atoms with E-state index in [1.54, 1.807) is 11.8 Å². The molecule has 0 aliphatic heterocycles. The summed E-state index contributed by atoms with van der Waals surface area (Å²) in [6, 6.07) is 8.05. The minimum atomic E-state index is 0.853. The van der Waals surface area contributed by atoms with Gasteiger partial charge in [-0.25, -0.2) is 0 Å². The lowest BCUT2D eigenvalue weighted by Crippen LogP contribution is -1.92. The van der Waals surface area contributed by atoms with Crippen LogP contribution < -0.4 is 5.73 Å². The Morgan fingerprint density at radius 3 is 2.88 bits per heavy atom. The Morgan fingerprint density at radius 1 is 1.38 bits per heavy atom. The van der Waals surface area contributed by atoms with E-state index in [1.807, 2.05) is 36.1 Å². The zero-order valence-electron chi connectivity index (χ0n) is 9.47. The highest BCUT2D eigenvalue weighted by Gasteiger charge is 2.03. The third-order valence-corrected chi connectivity index (χ3v) is 3.66. The Bertz CT molecular complexity index is 491. The van der Waals surface area contributed by atoms with Crippen LogP contribution in [0.1, 0.15) is 11.3 Å². The second-order valence-corrected chi connectivity index (χ2v) is 4.76. The van der Waals surface area contributed by atoms with E-state index in [2.05, 4.69) is 18.1 Å². The van der Waals surface area contributed by atoms with E-state index in [1.165, 1.54) is 4.90 Å². The normalized spacial score (nSPS) is 10.6. The van der Waals surface area contributed by atoms with Gasteiger partial charge in [0.05, 0.1) is 5.69 Å². The Labute approximate surface area is 99.7 Å². The highest BCUT2D eigenvalue weighted by molar-refractivity contribution is 7.98. The summed E-state index contributed by atoms with van der Waals surface area (Å²) >= 11 is 1.77. The van der Waals surface area contributed by atoms with Gasteiger partial charge in [-0.3, -0.25) is 4.68 Å². The molecule has 16 heavy (non-hydrogen) atoms. The van der Waals surface area contributed by atoms with E-state index >= 15 is 0 Å². The molecule has 0 aliphatic rings. The lowest BCUT2D eigenvalue weighted by Gasteiger charge is -2.06. The van der Waals surface area contributed by atoms with E-state index in [9.17, 15) is 0 Å². The Kier molecular flexibility index (Phi) is 3.19. The van der Waals surface area contributed by atoms with Gasteiger partial charge in [0.25, 0.3) is 0 Å². The molecule has 0 aliphatic carbocycles. The van der Waals surface area contributed by atoms with Gasteiger partial charge in [0.15, 0.2) is 0 Å². The van der Waals surface area contributed by atoms with Gasteiger partial charge in [-0.1, -0.05) is 6.07 Å². The van der Waals surface area contributed by atoms with E-state index in [4.69, 9.17) is 5.73 Å². The second-order valence-electron chi connectivity index (χ2n) is 3.74. The standard InChI is InChI=1S/C12H15N3S/c1-9-11(13)4-3-5-12(9)16-8-10-6-7-15(2)14-10/h3-7H,8,13H2,1-2H3. The number of nitrogen functional groups attached to an aromatic ring is 1. The maximum Gasteiger partial charge on any atom is 0.0727 e. The zero-order chi connectivity index (χ0) is 11.5. The Morgan fingerprint density at radius 2 is 2.19 bits per heavy atom. The molecule has 1 heterocycles. The van der Waals surface area contributed by atoms with Crippen LogP contribution in [0.3, 0.4) is 0 Å². The van der Waals surface area contributed by atoms with Gasteiger partial charge in [-0.2, -0.15) is 5.10 Å². The zero-order valence-corrected chi connectivity index (χ0v) is 10.3. The first-order valence-electron chi connectivity index (χ1n) is 5.13. The summed E-state index contributed by atoms with van der Waals surface area (Å²) in [5.41, 5.74) is 8.96. The number of nitrogens with zero attached hydrogens (tertiary/aromatic N) is 2. The molecule has 0 unspecified atom stereocenters. The molecule has 2 rings (SSSR count). The number of nitrogens with two attached hydrogens (primary N) is 1. The fourth-order valence-corrected chi connectivity index (χ4v) is 2.45. The largest absolute Gasteiger partial charge is 0.398 e. The SMILES string of the molecule is Cc1c(N)cccc1SCc1ccn(C)n1. The maximum atomic E-state index is 5.86. The fraction of sp³-hybridized carbons (Fsp3) is 0.250. The molecule has 0 saturated heterocycles. The Balaban J connectivity index is 2.07. The first-order chi connectivity index (χ1) is 7.66. The quantitative estimate of drug-likeness (QED) is 0.654. The van der Waals surface area contributed by atoms with Crippen molar-refractivity contribution in [2.75, 3.05) is 5.73 Å². The van der Waals surface area contributed by atoms with Crippen LogP contribution in [-0.4, -0.2) is 9.78 Å². The first-order valence-corrected chi connectivity index (χ1v) is 6.12. The van der Waals surface area contributed by atoms with Gasteiger partial charge >= 0.3 is 0 Å². The molecule has 0 fully saturated rings. The molecular formula is C12H15N3S. The van der Waals surface area contributed by atoms with Crippen molar-refractivity contribution in [2.45, 2.75) is 17.6 Å². The third kappa shape index (κ3) is 2.39. The van der Waals surface area contributed by atoms with Crippen molar-refractivity contribution in [1.29, 1.82) is 0 Å². The fourth-order valence-electron chi connectivity index (χ4n) is 1.48. The average Bonchev–Trinajstić information content (AvgIpc) is 2.67. The van der Waals surface area contributed by atoms with Crippen LogP contribution in [0.5, 0.6) is 0 Å². The molecular weight excluding hydrogens is 218 g/mol. The maximum absolute atomic E-state index is 5.86. The summed E-state index contributed by atoms with van der Waals surface area (Å²) in [5.74, 6) is 0.880. The molecule has 0 amide bonds. The predicted octanol–water partition coefficient (Wildman–Crippen LogP) is 2.60. The number of hydrogen-bond acceptors (Lipinski definition) is 3. The lowest BCUT2D eigenvalue weighted by molar-refractivity contribution is 0.755. The number of benzene rings is 1. The number of aryl methyl sites for hydroxylation is 1. The molecule has 1 aromatic heterocycles. The minimum absolute atomic E-state index is 0.853. The molecule has 1 aromatic carbocycles. The highest BCUT2D eigenvalue weighted by Crippen LogP contribution is 2.28. The van der Waals surface area contributed by atoms with Crippen LogP contribution in [-0.2, 0) is 12.8 Å². The van der Waals surface area contributed by atoms with E-state index in [0.717, 1.165) is 22.7 Å². The molecule has 84 valence electrons. The molecule has 0 bridgehead atoms. The van der Waals surface area contributed by atoms with Crippen LogP contribution in [0.15, 0.2) is 35.4 Å². The van der Waals surface area contributed by atoms with Crippen molar-refractivity contribution >= 4 is 17.4 Å². The van der Waals surface area contributed by atoms with Crippen LogP contribution >= 0.6 is 11.8 Å². The molecule has 0 atom stereocenters. The van der Waals surface area contributed by atoms with Crippen molar-refractivity contribution in [3.8, 4) is 0 Å². The molecule has 2 aromatic rings. The van der Waals surface area contributed by atoms with Crippen LogP contribution in [0.2, 0.25) is 0 Å². The monoisotopic (exact) mass is 233 g/mol. The Hall–Kier alpha value is -1.42. The van der Waals surface area contributed by atoms with Gasteiger partial charge < -0.3 is 5.73 Å². The van der Waals surface area contributed by atoms with Crippen molar-refractivity contribution in [1.82, 2.24) is 9.78 Å².